The van der Waals surface area contributed by atoms with E-state index in [2.05, 4.69) is 20.5 Å². The second-order valence-electron chi connectivity index (χ2n) is 5.84. The molecule has 6 nitrogen and oxygen atoms in total. The zero-order valence-electron chi connectivity index (χ0n) is 12.8. The van der Waals surface area contributed by atoms with E-state index in [9.17, 15) is 18.0 Å². The van der Waals surface area contributed by atoms with Gasteiger partial charge in [0.1, 0.15) is 5.69 Å². The summed E-state index contributed by atoms with van der Waals surface area (Å²) in [6.45, 7) is -0.118. The maximum Gasteiger partial charge on any atom is 0.393 e. The minimum Gasteiger partial charge on any atom is -0.323 e. The number of carbonyl (C=O) groups excluding carboxylic acids is 1. The minimum atomic E-state index is -4.41. The van der Waals surface area contributed by atoms with Crippen molar-refractivity contribution in [2.24, 2.45) is 11.8 Å². The average Bonchev–Trinajstić information content (AvgIpc) is 3.14. The van der Waals surface area contributed by atoms with Crippen LogP contribution in [0.25, 0.3) is 11.4 Å². The molecule has 0 aliphatic carbocycles. The highest BCUT2D eigenvalue weighted by molar-refractivity contribution is 5.96. The molecule has 0 saturated carbocycles. The number of nitrogens with zero attached hydrogens (tertiary/aromatic N) is 3. The quantitative estimate of drug-likeness (QED) is 0.899. The number of aromatic amines is 1. The lowest BCUT2D eigenvalue weighted by molar-refractivity contribution is -0.182. The lowest BCUT2D eigenvalue weighted by atomic mass is 9.94. The molecule has 3 heterocycles. The van der Waals surface area contributed by atoms with Crippen molar-refractivity contribution in [1.82, 2.24) is 20.1 Å². The van der Waals surface area contributed by atoms with E-state index < -0.39 is 23.9 Å². The molecule has 2 atom stereocenters. The number of H-pyrrole nitrogens is 1. The van der Waals surface area contributed by atoms with Gasteiger partial charge in [0.05, 0.1) is 29.4 Å². The molecule has 0 spiro atoms. The molecule has 1 saturated heterocycles. The van der Waals surface area contributed by atoms with Crippen molar-refractivity contribution >= 4 is 11.6 Å². The largest absolute Gasteiger partial charge is 0.393 e. The summed E-state index contributed by atoms with van der Waals surface area (Å²) in [5.41, 5.74) is 1.31. The number of carbonyl (C=O) groups is 1. The Kier molecular flexibility index (Phi) is 4.27. The van der Waals surface area contributed by atoms with Crippen LogP contribution in [0.15, 0.2) is 30.6 Å². The smallest absolute Gasteiger partial charge is 0.323 e. The highest BCUT2D eigenvalue weighted by Gasteiger charge is 2.51. The topological polar surface area (TPSA) is 73.9 Å². The van der Waals surface area contributed by atoms with E-state index in [0.29, 0.717) is 17.1 Å². The molecule has 2 N–H and O–H groups in total. The summed E-state index contributed by atoms with van der Waals surface area (Å²) in [6, 6.07) is 5.21. The molecule has 1 aliphatic rings. The van der Waals surface area contributed by atoms with Crippen LogP contribution in [0.4, 0.5) is 18.9 Å². The predicted octanol–water partition coefficient (Wildman–Crippen LogP) is 2.15. The third-order valence-electron chi connectivity index (χ3n) is 4.08. The van der Waals surface area contributed by atoms with Crippen LogP contribution in [0.2, 0.25) is 0 Å². The van der Waals surface area contributed by atoms with Gasteiger partial charge in [0.15, 0.2) is 0 Å². The lowest BCUT2D eigenvalue weighted by Gasteiger charge is -2.20. The number of rotatable bonds is 3. The van der Waals surface area contributed by atoms with Crippen LogP contribution in [0.3, 0.4) is 0 Å². The average molecular weight is 339 g/mol. The van der Waals surface area contributed by atoms with Gasteiger partial charge in [0.25, 0.3) is 0 Å². The third-order valence-corrected chi connectivity index (χ3v) is 4.08. The first-order chi connectivity index (χ1) is 11.4. The van der Waals surface area contributed by atoms with Crippen molar-refractivity contribution in [2.45, 2.75) is 6.18 Å². The summed E-state index contributed by atoms with van der Waals surface area (Å²) >= 11 is 0. The molecule has 3 rings (SSSR count). The van der Waals surface area contributed by atoms with Gasteiger partial charge in [-0.15, -0.1) is 0 Å². The lowest BCUT2D eigenvalue weighted by Crippen LogP contribution is -2.36. The highest BCUT2D eigenvalue weighted by Crippen LogP contribution is 2.37. The van der Waals surface area contributed by atoms with E-state index in [1.807, 2.05) is 0 Å². The first-order valence-electron chi connectivity index (χ1n) is 7.37. The molecule has 0 bridgehead atoms. The zero-order chi connectivity index (χ0) is 17.3. The van der Waals surface area contributed by atoms with Crippen molar-refractivity contribution < 1.29 is 18.0 Å². The molecule has 1 aliphatic heterocycles. The summed E-state index contributed by atoms with van der Waals surface area (Å²) in [5.74, 6) is -3.49. The Morgan fingerprint density at radius 2 is 2.17 bits per heavy atom. The van der Waals surface area contributed by atoms with Crippen LogP contribution >= 0.6 is 0 Å². The molecule has 0 unspecified atom stereocenters. The van der Waals surface area contributed by atoms with Gasteiger partial charge >= 0.3 is 6.18 Å². The maximum atomic E-state index is 13.1. The van der Waals surface area contributed by atoms with E-state index in [1.54, 1.807) is 31.4 Å². The molecular formula is C15H16F3N5O. The molecule has 24 heavy (non-hydrogen) atoms. The maximum absolute atomic E-state index is 13.1. The van der Waals surface area contributed by atoms with Gasteiger partial charge in [0.2, 0.25) is 5.91 Å². The molecule has 1 fully saturated rings. The van der Waals surface area contributed by atoms with Crippen molar-refractivity contribution in [1.29, 1.82) is 0 Å². The Bertz CT molecular complexity index is 715. The number of anilines is 1. The summed E-state index contributed by atoms with van der Waals surface area (Å²) in [6.07, 6.45) is -1.47. The Morgan fingerprint density at radius 3 is 2.83 bits per heavy atom. The molecule has 9 heteroatoms. The second-order valence-corrected chi connectivity index (χ2v) is 5.84. The van der Waals surface area contributed by atoms with Gasteiger partial charge in [-0.2, -0.15) is 18.3 Å². The Labute approximate surface area is 136 Å². The fraction of sp³-hybridized carbons (Fsp3) is 0.400. The van der Waals surface area contributed by atoms with Crippen molar-refractivity contribution in [3.63, 3.8) is 0 Å². The number of hydrogen-bond donors (Lipinski definition) is 2. The molecule has 0 radical (unpaired) electrons. The van der Waals surface area contributed by atoms with E-state index in [4.69, 9.17) is 0 Å². The van der Waals surface area contributed by atoms with Crippen molar-refractivity contribution in [3.8, 4) is 11.4 Å². The number of nitrogens with one attached hydrogen (secondary N) is 2. The molecular weight excluding hydrogens is 323 g/mol. The van der Waals surface area contributed by atoms with E-state index in [1.165, 1.54) is 11.1 Å². The van der Waals surface area contributed by atoms with Gasteiger partial charge in [-0.1, -0.05) is 6.07 Å². The Morgan fingerprint density at radius 1 is 1.38 bits per heavy atom. The van der Waals surface area contributed by atoms with Crippen LogP contribution < -0.4 is 5.32 Å². The van der Waals surface area contributed by atoms with Crippen LogP contribution in [0.1, 0.15) is 0 Å². The van der Waals surface area contributed by atoms with Gasteiger partial charge in [-0.3, -0.25) is 14.9 Å². The molecule has 2 aromatic rings. The van der Waals surface area contributed by atoms with E-state index in [-0.39, 0.29) is 13.1 Å². The van der Waals surface area contributed by atoms with E-state index in [0.717, 1.165) is 0 Å². The van der Waals surface area contributed by atoms with Gasteiger partial charge in [-0.05, 0) is 19.2 Å². The van der Waals surface area contributed by atoms with E-state index >= 15 is 0 Å². The highest BCUT2D eigenvalue weighted by atomic mass is 19.4. The van der Waals surface area contributed by atoms with Crippen LogP contribution in [0, 0.1) is 11.8 Å². The molecule has 128 valence electrons. The first-order valence-corrected chi connectivity index (χ1v) is 7.37. The minimum absolute atomic E-state index is 0.0623. The summed E-state index contributed by atoms with van der Waals surface area (Å²) in [4.78, 5) is 18.1. The number of hydrogen-bond acceptors (Lipinski definition) is 4. The predicted molar refractivity (Wildman–Crippen MR) is 81.0 cm³/mol. The van der Waals surface area contributed by atoms with Gasteiger partial charge in [-0.25, -0.2) is 0 Å². The Balaban J connectivity index is 1.80. The number of halogens is 3. The fourth-order valence-corrected chi connectivity index (χ4v) is 2.91. The number of amides is 1. The molecule has 0 aromatic carbocycles. The number of pyridine rings is 1. The summed E-state index contributed by atoms with van der Waals surface area (Å²) < 4.78 is 39.4. The molecule has 1 amide bonds. The standard InChI is InChI=1S/C15H16F3N5O/c1-23-7-9(10(8-23)15(16,17)18)14(24)21-12-6-20-22-13(12)11-4-2-3-5-19-11/h2-6,9-10H,7-8H2,1H3,(H,20,22)(H,21,24)/t9-,10-/m1/s1. The zero-order valence-corrected chi connectivity index (χ0v) is 12.8. The summed E-state index contributed by atoms with van der Waals surface area (Å²) in [5, 5.41) is 9.11. The fourth-order valence-electron chi connectivity index (χ4n) is 2.91. The normalized spacial score (nSPS) is 21.8. The van der Waals surface area contributed by atoms with Gasteiger partial charge < -0.3 is 10.2 Å². The SMILES string of the molecule is CN1C[C@@H](C(F)(F)F)[C@H](C(=O)Nc2cn[nH]c2-c2ccccn2)C1. The number of likely N-dealkylation sites (tertiary alicyclic amines) is 1. The van der Waals surface area contributed by atoms with Crippen LogP contribution in [-0.4, -0.2) is 52.3 Å². The third kappa shape index (κ3) is 3.25. The van der Waals surface area contributed by atoms with Crippen molar-refractivity contribution in [3.05, 3.63) is 30.6 Å². The monoisotopic (exact) mass is 339 g/mol. The van der Waals surface area contributed by atoms with Crippen molar-refractivity contribution in [2.75, 3.05) is 25.5 Å². The molecule has 2 aromatic heterocycles. The number of alkyl halides is 3. The van der Waals surface area contributed by atoms with Crippen LogP contribution in [-0.2, 0) is 4.79 Å². The second kappa shape index (κ2) is 6.23. The Hall–Kier alpha value is -2.42. The number of aromatic nitrogens is 3. The first kappa shape index (κ1) is 16.4. The summed E-state index contributed by atoms with van der Waals surface area (Å²) in [7, 11) is 1.57. The van der Waals surface area contributed by atoms with Crippen LogP contribution in [0.5, 0.6) is 0 Å². The van der Waals surface area contributed by atoms with Gasteiger partial charge in [0, 0.05) is 19.3 Å².